The first-order valence-corrected chi connectivity index (χ1v) is 7.79. The molecular weight excluding hydrogens is 292 g/mol. The normalized spacial score (nSPS) is 21.7. The van der Waals surface area contributed by atoms with Crippen LogP contribution in [0.2, 0.25) is 0 Å². The highest BCUT2D eigenvalue weighted by molar-refractivity contribution is 5.89. The van der Waals surface area contributed by atoms with Crippen molar-refractivity contribution in [1.82, 2.24) is 15.1 Å². The van der Waals surface area contributed by atoms with E-state index in [9.17, 15) is 4.79 Å². The lowest BCUT2D eigenvalue weighted by atomic mass is 9.88. The molecule has 0 bridgehead atoms. The van der Waals surface area contributed by atoms with E-state index in [4.69, 9.17) is 10.5 Å². The fourth-order valence-corrected chi connectivity index (χ4v) is 2.47. The van der Waals surface area contributed by atoms with Crippen LogP contribution in [0.25, 0.3) is 0 Å². The number of hydrogen-bond acceptors (Lipinski definition) is 5. The minimum atomic E-state index is -0.640. The van der Waals surface area contributed by atoms with Gasteiger partial charge in [0.15, 0.2) is 0 Å². The summed E-state index contributed by atoms with van der Waals surface area (Å²) in [6.45, 7) is 5.46. The van der Waals surface area contributed by atoms with Gasteiger partial charge in [-0.15, -0.1) is 0 Å². The summed E-state index contributed by atoms with van der Waals surface area (Å²) < 4.78 is 5.45. The Morgan fingerprint density at radius 3 is 2.61 bits per heavy atom. The van der Waals surface area contributed by atoms with Crippen LogP contribution in [-0.4, -0.2) is 62.6 Å². The summed E-state index contributed by atoms with van der Waals surface area (Å²) in [6, 6.07) is 0. The van der Waals surface area contributed by atoms with Crippen molar-refractivity contribution in [3.8, 4) is 0 Å². The number of carbonyl (C=O) groups is 1. The van der Waals surface area contributed by atoms with E-state index in [2.05, 4.69) is 15.1 Å². The van der Waals surface area contributed by atoms with Gasteiger partial charge in [-0.3, -0.25) is 4.79 Å². The third kappa shape index (κ3) is 5.41. The van der Waals surface area contributed by atoms with Crippen LogP contribution in [0.4, 0.5) is 0 Å². The molecule has 0 fully saturated rings. The molecule has 1 aliphatic rings. The third-order valence-electron chi connectivity index (χ3n) is 3.79. The first kappa shape index (κ1) is 19.3. The fourth-order valence-electron chi connectivity index (χ4n) is 2.47. The van der Waals surface area contributed by atoms with Crippen molar-refractivity contribution in [2.45, 2.75) is 25.8 Å². The van der Waals surface area contributed by atoms with Crippen LogP contribution in [0, 0.1) is 0 Å². The summed E-state index contributed by atoms with van der Waals surface area (Å²) >= 11 is 0. The van der Waals surface area contributed by atoms with Crippen LogP contribution in [0.5, 0.6) is 0 Å². The lowest BCUT2D eigenvalue weighted by molar-refractivity contribution is -0.115. The van der Waals surface area contributed by atoms with E-state index in [0.29, 0.717) is 12.2 Å². The summed E-state index contributed by atoms with van der Waals surface area (Å²) in [6.07, 6.45) is 5.65. The van der Waals surface area contributed by atoms with Crippen LogP contribution in [0.1, 0.15) is 20.3 Å². The molecule has 1 rings (SSSR count). The summed E-state index contributed by atoms with van der Waals surface area (Å²) in [7, 11) is 7.69. The van der Waals surface area contributed by atoms with Crippen LogP contribution < -0.4 is 11.1 Å². The summed E-state index contributed by atoms with van der Waals surface area (Å²) in [5, 5.41) is 2.96. The minimum absolute atomic E-state index is 0.147. The SMILES string of the molecule is C/C=C/C(=O)NC1=C(N(C)CCN(C)C)C=C(OC)C(C)(N)C1. The molecule has 0 aromatic carbocycles. The lowest BCUT2D eigenvalue weighted by Gasteiger charge is -2.36. The Labute approximate surface area is 139 Å². The van der Waals surface area contributed by atoms with E-state index in [1.54, 1.807) is 13.2 Å². The number of ether oxygens (including phenoxy) is 1. The predicted molar refractivity (Wildman–Crippen MR) is 93.5 cm³/mol. The molecule has 1 amide bonds. The molecule has 23 heavy (non-hydrogen) atoms. The number of nitrogens with zero attached hydrogens (tertiary/aromatic N) is 2. The molecular formula is C17H30N4O2. The van der Waals surface area contributed by atoms with Crippen molar-refractivity contribution >= 4 is 5.91 Å². The van der Waals surface area contributed by atoms with E-state index in [1.165, 1.54) is 6.08 Å². The van der Waals surface area contributed by atoms with Gasteiger partial charge in [0, 0.05) is 38.3 Å². The van der Waals surface area contributed by atoms with Gasteiger partial charge in [0.05, 0.1) is 18.3 Å². The highest BCUT2D eigenvalue weighted by Crippen LogP contribution is 2.31. The average Bonchev–Trinajstić information content (AvgIpc) is 2.44. The van der Waals surface area contributed by atoms with E-state index < -0.39 is 5.54 Å². The highest BCUT2D eigenvalue weighted by atomic mass is 16.5. The molecule has 0 radical (unpaired) electrons. The Morgan fingerprint density at radius 1 is 1.43 bits per heavy atom. The molecule has 1 unspecified atom stereocenters. The van der Waals surface area contributed by atoms with E-state index in [-0.39, 0.29) is 5.91 Å². The maximum Gasteiger partial charge on any atom is 0.247 e. The maximum absolute atomic E-state index is 12.0. The van der Waals surface area contributed by atoms with Gasteiger partial charge < -0.3 is 25.6 Å². The number of rotatable bonds is 7. The Balaban J connectivity index is 3.13. The second-order valence-corrected chi connectivity index (χ2v) is 6.38. The van der Waals surface area contributed by atoms with Crippen molar-refractivity contribution in [3.05, 3.63) is 35.4 Å². The van der Waals surface area contributed by atoms with Crippen molar-refractivity contribution in [2.75, 3.05) is 41.3 Å². The fraction of sp³-hybridized carbons (Fsp3) is 0.588. The minimum Gasteiger partial charge on any atom is -0.499 e. The van der Waals surface area contributed by atoms with Gasteiger partial charge in [-0.2, -0.15) is 0 Å². The second kappa shape index (κ2) is 8.17. The van der Waals surface area contributed by atoms with Crippen molar-refractivity contribution in [1.29, 1.82) is 0 Å². The van der Waals surface area contributed by atoms with Crippen LogP contribution in [0.15, 0.2) is 35.4 Å². The molecule has 0 spiro atoms. The zero-order chi connectivity index (χ0) is 17.6. The number of amides is 1. The van der Waals surface area contributed by atoms with Gasteiger partial charge in [0.25, 0.3) is 0 Å². The van der Waals surface area contributed by atoms with Crippen LogP contribution in [-0.2, 0) is 9.53 Å². The Hall–Kier alpha value is -1.79. The molecule has 3 N–H and O–H groups in total. The predicted octanol–water partition coefficient (Wildman–Crippen LogP) is 1.04. The van der Waals surface area contributed by atoms with Crippen molar-refractivity contribution in [3.63, 3.8) is 0 Å². The van der Waals surface area contributed by atoms with Gasteiger partial charge >= 0.3 is 0 Å². The van der Waals surface area contributed by atoms with Gasteiger partial charge in [0.2, 0.25) is 5.91 Å². The number of nitrogens with one attached hydrogen (secondary N) is 1. The smallest absolute Gasteiger partial charge is 0.247 e. The number of allylic oxidation sites excluding steroid dienone is 2. The van der Waals surface area contributed by atoms with Gasteiger partial charge in [0.1, 0.15) is 5.76 Å². The number of carbonyl (C=O) groups excluding carboxylic acids is 1. The summed E-state index contributed by atoms with van der Waals surface area (Å²) in [5.41, 5.74) is 7.45. The number of likely N-dealkylation sites (N-methyl/N-ethyl adjacent to an activating group) is 2. The molecule has 1 atom stereocenters. The topological polar surface area (TPSA) is 70.8 Å². The zero-order valence-corrected chi connectivity index (χ0v) is 15.1. The number of hydrogen-bond donors (Lipinski definition) is 2. The zero-order valence-electron chi connectivity index (χ0n) is 15.1. The van der Waals surface area contributed by atoms with Gasteiger partial charge in [-0.25, -0.2) is 0 Å². The molecule has 6 nitrogen and oxygen atoms in total. The van der Waals surface area contributed by atoms with Crippen molar-refractivity contribution in [2.24, 2.45) is 5.73 Å². The lowest BCUT2D eigenvalue weighted by Crippen LogP contribution is -2.45. The van der Waals surface area contributed by atoms with E-state index in [0.717, 1.165) is 24.5 Å². The molecule has 0 saturated carbocycles. The van der Waals surface area contributed by atoms with Crippen LogP contribution >= 0.6 is 0 Å². The molecule has 0 heterocycles. The first-order valence-electron chi connectivity index (χ1n) is 7.79. The average molecular weight is 322 g/mol. The molecule has 6 heteroatoms. The summed E-state index contributed by atoms with van der Waals surface area (Å²) in [5.74, 6) is 0.569. The van der Waals surface area contributed by atoms with Gasteiger partial charge in [-0.1, -0.05) is 6.08 Å². The quantitative estimate of drug-likeness (QED) is 0.685. The standard InChI is InChI=1S/C17H30N4O2/c1-7-8-16(22)19-13-12-17(2,18)15(23-6)11-14(13)21(5)10-9-20(3)4/h7-8,11H,9-10,12,18H2,1-6H3,(H,19,22)/b8-7+. The second-order valence-electron chi connectivity index (χ2n) is 6.38. The number of methoxy groups -OCH3 is 1. The summed E-state index contributed by atoms with van der Waals surface area (Å²) in [4.78, 5) is 16.2. The van der Waals surface area contributed by atoms with E-state index >= 15 is 0 Å². The Morgan fingerprint density at radius 2 is 2.09 bits per heavy atom. The Kier molecular flexibility index (Phi) is 6.84. The maximum atomic E-state index is 12.0. The number of nitrogens with two attached hydrogens (primary N) is 1. The molecule has 0 aromatic heterocycles. The van der Waals surface area contributed by atoms with Crippen molar-refractivity contribution < 1.29 is 9.53 Å². The molecule has 0 aromatic rings. The first-order chi connectivity index (χ1) is 10.7. The third-order valence-corrected chi connectivity index (χ3v) is 3.79. The monoisotopic (exact) mass is 322 g/mol. The molecule has 0 saturated heterocycles. The molecule has 130 valence electrons. The van der Waals surface area contributed by atoms with Crippen LogP contribution in [0.3, 0.4) is 0 Å². The largest absolute Gasteiger partial charge is 0.499 e. The van der Waals surface area contributed by atoms with Gasteiger partial charge in [-0.05, 0) is 34.0 Å². The molecule has 0 aliphatic heterocycles. The van der Waals surface area contributed by atoms with E-state index in [1.807, 2.05) is 41.1 Å². The highest BCUT2D eigenvalue weighted by Gasteiger charge is 2.33. The Bertz CT molecular complexity index is 519. The molecule has 1 aliphatic carbocycles.